The first-order valence-electron chi connectivity index (χ1n) is 11.3. The maximum Gasteiger partial charge on any atom is 0.218 e. The van der Waals surface area contributed by atoms with Crippen LogP contribution in [0.5, 0.6) is 5.88 Å². The lowest BCUT2D eigenvalue weighted by Crippen LogP contribution is -2.48. The second kappa shape index (κ2) is 12.5. The Morgan fingerprint density at radius 2 is 2.00 bits per heavy atom. The smallest absolute Gasteiger partial charge is 0.218 e. The van der Waals surface area contributed by atoms with E-state index in [1.165, 1.54) is 17.8 Å². The number of thiophene rings is 1. The predicted octanol–water partition coefficient (Wildman–Crippen LogP) is 4.81. The summed E-state index contributed by atoms with van der Waals surface area (Å²) in [5.41, 5.74) is 1.05. The molecule has 0 spiro atoms. The first kappa shape index (κ1) is 24.1. The summed E-state index contributed by atoms with van der Waals surface area (Å²) in [6, 6.07) is 8.82. The number of aromatic nitrogens is 1. The number of piperidine rings is 1. The molecule has 2 fully saturated rings. The lowest BCUT2D eigenvalue weighted by Gasteiger charge is -2.33. The van der Waals surface area contributed by atoms with E-state index in [0.29, 0.717) is 18.7 Å². The van der Waals surface area contributed by atoms with Crippen molar-refractivity contribution in [3.05, 3.63) is 41.4 Å². The van der Waals surface area contributed by atoms with E-state index in [9.17, 15) is 0 Å². The molecular weight excluding hydrogens is 521 g/mol. The van der Waals surface area contributed by atoms with Gasteiger partial charge in [0.25, 0.3) is 0 Å². The molecule has 0 bridgehead atoms. The minimum atomic E-state index is 0. The Hall–Kier alpha value is -1.55. The van der Waals surface area contributed by atoms with Crippen molar-refractivity contribution < 1.29 is 4.74 Å². The molecule has 170 valence electrons. The summed E-state index contributed by atoms with van der Waals surface area (Å²) < 4.78 is 6.17. The summed E-state index contributed by atoms with van der Waals surface area (Å²) in [6.45, 7) is 5.69. The molecule has 2 N–H and O–H groups in total. The SMILES string of the molecule is CCNC(=NCc1cccnc1OC1CCCC1)NC1CCN(c2cccs2)CC1.I. The number of ether oxygens (including phenoxy) is 1. The molecule has 8 heteroatoms. The quantitative estimate of drug-likeness (QED) is 0.292. The van der Waals surface area contributed by atoms with Crippen LogP contribution in [0.3, 0.4) is 0 Å². The molecule has 0 aromatic carbocycles. The molecule has 0 radical (unpaired) electrons. The summed E-state index contributed by atoms with van der Waals surface area (Å²) >= 11 is 1.82. The van der Waals surface area contributed by atoms with Crippen molar-refractivity contribution in [3.63, 3.8) is 0 Å². The van der Waals surface area contributed by atoms with Crippen LogP contribution in [-0.4, -0.2) is 42.7 Å². The molecule has 1 aliphatic heterocycles. The van der Waals surface area contributed by atoms with Gasteiger partial charge in [-0.2, -0.15) is 0 Å². The van der Waals surface area contributed by atoms with Crippen LogP contribution in [0.2, 0.25) is 0 Å². The number of guanidine groups is 1. The monoisotopic (exact) mass is 555 g/mol. The summed E-state index contributed by atoms with van der Waals surface area (Å²) in [6.07, 6.45) is 9.12. The van der Waals surface area contributed by atoms with Crippen molar-refractivity contribution >= 4 is 46.3 Å². The second-order valence-corrected chi connectivity index (χ2v) is 8.97. The van der Waals surface area contributed by atoms with Gasteiger partial charge in [0.1, 0.15) is 6.10 Å². The molecule has 1 saturated carbocycles. The van der Waals surface area contributed by atoms with Crippen molar-refractivity contribution in [2.45, 2.75) is 64.1 Å². The highest BCUT2D eigenvalue weighted by Gasteiger charge is 2.21. The number of hydrogen-bond acceptors (Lipinski definition) is 5. The Kier molecular flexibility index (Phi) is 9.70. The highest BCUT2D eigenvalue weighted by atomic mass is 127. The maximum absolute atomic E-state index is 6.17. The first-order valence-corrected chi connectivity index (χ1v) is 12.1. The van der Waals surface area contributed by atoms with Crippen LogP contribution < -0.4 is 20.3 Å². The molecule has 0 atom stereocenters. The zero-order valence-electron chi connectivity index (χ0n) is 18.3. The van der Waals surface area contributed by atoms with Gasteiger partial charge in [0.05, 0.1) is 11.5 Å². The molecular formula is C23H34IN5OS. The summed E-state index contributed by atoms with van der Waals surface area (Å²) in [5.74, 6) is 1.62. The number of rotatable bonds is 7. The fourth-order valence-electron chi connectivity index (χ4n) is 4.19. The number of anilines is 1. The second-order valence-electron chi connectivity index (χ2n) is 8.04. The Labute approximate surface area is 206 Å². The summed E-state index contributed by atoms with van der Waals surface area (Å²) in [7, 11) is 0. The Morgan fingerprint density at radius 1 is 1.19 bits per heavy atom. The van der Waals surface area contributed by atoms with E-state index in [-0.39, 0.29) is 24.0 Å². The van der Waals surface area contributed by atoms with Crippen LogP contribution in [0.4, 0.5) is 5.00 Å². The average Bonchev–Trinajstić information content (AvgIpc) is 3.48. The van der Waals surface area contributed by atoms with E-state index in [4.69, 9.17) is 9.73 Å². The van der Waals surface area contributed by atoms with Gasteiger partial charge < -0.3 is 20.3 Å². The van der Waals surface area contributed by atoms with E-state index in [0.717, 1.165) is 62.7 Å². The van der Waals surface area contributed by atoms with Crippen molar-refractivity contribution in [2.75, 3.05) is 24.5 Å². The van der Waals surface area contributed by atoms with E-state index in [2.05, 4.69) is 51.0 Å². The van der Waals surface area contributed by atoms with Crippen molar-refractivity contribution in [3.8, 4) is 5.88 Å². The number of pyridine rings is 1. The number of nitrogens with zero attached hydrogens (tertiary/aromatic N) is 3. The van der Waals surface area contributed by atoms with Gasteiger partial charge in [-0.25, -0.2) is 9.98 Å². The number of hydrogen-bond donors (Lipinski definition) is 2. The minimum absolute atomic E-state index is 0. The van der Waals surface area contributed by atoms with Crippen LogP contribution in [0.15, 0.2) is 40.8 Å². The fraction of sp³-hybridized carbons (Fsp3) is 0.565. The zero-order chi connectivity index (χ0) is 20.6. The molecule has 2 aliphatic rings. The van der Waals surface area contributed by atoms with Crippen LogP contribution in [0.25, 0.3) is 0 Å². The third-order valence-corrected chi connectivity index (χ3v) is 6.76. The van der Waals surface area contributed by atoms with E-state index in [1.807, 2.05) is 23.6 Å². The number of halogens is 1. The highest BCUT2D eigenvalue weighted by Crippen LogP contribution is 2.26. The van der Waals surface area contributed by atoms with Gasteiger partial charge in [0.2, 0.25) is 5.88 Å². The third kappa shape index (κ3) is 6.97. The Morgan fingerprint density at radius 3 is 2.71 bits per heavy atom. The minimum Gasteiger partial charge on any atom is -0.474 e. The van der Waals surface area contributed by atoms with Gasteiger partial charge in [0.15, 0.2) is 5.96 Å². The molecule has 2 aromatic rings. The Balaban J connectivity index is 0.00000272. The van der Waals surface area contributed by atoms with Crippen molar-refractivity contribution in [1.29, 1.82) is 0 Å². The molecule has 1 aliphatic carbocycles. The van der Waals surface area contributed by atoms with Gasteiger partial charge in [0, 0.05) is 37.4 Å². The molecule has 31 heavy (non-hydrogen) atoms. The lowest BCUT2D eigenvalue weighted by atomic mass is 10.1. The van der Waals surface area contributed by atoms with Crippen molar-refractivity contribution in [1.82, 2.24) is 15.6 Å². The molecule has 3 heterocycles. The fourth-order valence-corrected chi connectivity index (χ4v) is 4.97. The topological polar surface area (TPSA) is 61.8 Å². The van der Waals surface area contributed by atoms with E-state index >= 15 is 0 Å². The maximum atomic E-state index is 6.17. The van der Waals surface area contributed by atoms with Crippen LogP contribution in [0.1, 0.15) is 51.0 Å². The van der Waals surface area contributed by atoms with Gasteiger partial charge >= 0.3 is 0 Å². The van der Waals surface area contributed by atoms with Gasteiger partial charge in [-0.3, -0.25) is 0 Å². The lowest BCUT2D eigenvalue weighted by molar-refractivity contribution is 0.199. The standard InChI is InChI=1S/C23H33N5OS.HI/c1-2-24-23(27-19-11-14-28(15-12-19)21-10-6-16-30-21)26-17-18-7-5-13-25-22(18)29-20-8-3-4-9-20;/h5-7,10,13,16,19-20H,2-4,8-9,11-12,14-15,17H2,1H3,(H2,24,26,27);1H. The molecule has 2 aromatic heterocycles. The number of aliphatic imine (C=N–C) groups is 1. The first-order chi connectivity index (χ1) is 14.8. The molecule has 0 amide bonds. The Bertz CT molecular complexity index is 802. The van der Waals surface area contributed by atoms with Crippen LogP contribution in [0, 0.1) is 0 Å². The molecule has 0 unspecified atom stereocenters. The largest absolute Gasteiger partial charge is 0.474 e. The van der Waals surface area contributed by atoms with E-state index in [1.54, 1.807) is 0 Å². The summed E-state index contributed by atoms with van der Waals surface area (Å²) in [4.78, 5) is 11.8. The molecule has 6 nitrogen and oxygen atoms in total. The normalized spacial score (nSPS) is 18.0. The highest BCUT2D eigenvalue weighted by molar-refractivity contribution is 14.0. The van der Waals surface area contributed by atoms with E-state index < -0.39 is 0 Å². The zero-order valence-corrected chi connectivity index (χ0v) is 21.4. The molecule has 1 saturated heterocycles. The third-order valence-electron chi connectivity index (χ3n) is 5.84. The van der Waals surface area contributed by atoms with Gasteiger partial charge in [-0.05, 0) is 69.0 Å². The van der Waals surface area contributed by atoms with Gasteiger partial charge in [-0.15, -0.1) is 35.3 Å². The van der Waals surface area contributed by atoms with Crippen molar-refractivity contribution in [2.24, 2.45) is 4.99 Å². The van der Waals surface area contributed by atoms with Crippen LogP contribution in [-0.2, 0) is 6.54 Å². The predicted molar refractivity (Wildman–Crippen MR) is 140 cm³/mol. The van der Waals surface area contributed by atoms with Gasteiger partial charge in [-0.1, -0.05) is 6.07 Å². The summed E-state index contributed by atoms with van der Waals surface area (Å²) in [5, 5.41) is 10.6. The average molecular weight is 556 g/mol. The van der Waals surface area contributed by atoms with Crippen LogP contribution >= 0.6 is 35.3 Å². The molecule has 4 rings (SSSR count). The number of nitrogens with one attached hydrogen (secondary N) is 2.